The van der Waals surface area contributed by atoms with Crippen LogP contribution in [0.1, 0.15) is 63.4 Å². The summed E-state index contributed by atoms with van der Waals surface area (Å²) in [5.41, 5.74) is 0.325. The molecule has 142 valence electrons. The SMILES string of the molecule is COc1ccc(CN2C(=S)NC3(CCCCC3)C3CCCCC32O)cc1. The topological polar surface area (TPSA) is 44.7 Å². The zero-order valence-corrected chi connectivity index (χ0v) is 16.5. The summed E-state index contributed by atoms with van der Waals surface area (Å²) in [6.07, 6.45) is 10.2. The molecule has 2 aliphatic carbocycles. The molecule has 1 heterocycles. The van der Waals surface area contributed by atoms with Crippen LogP contribution in [0.4, 0.5) is 0 Å². The Labute approximate surface area is 161 Å². The van der Waals surface area contributed by atoms with Crippen molar-refractivity contribution in [3.8, 4) is 5.75 Å². The Balaban J connectivity index is 1.63. The van der Waals surface area contributed by atoms with Crippen molar-refractivity contribution in [1.29, 1.82) is 0 Å². The van der Waals surface area contributed by atoms with E-state index in [-0.39, 0.29) is 11.5 Å². The molecule has 1 saturated heterocycles. The lowest BCUT2D eigenvalue weighted by molar-refractivity contribution is -0.184. The van der Waals surface area contributed by atoms with Gasteiger partial charge in [-0.1, -0.05) is 37.8 Å². The maximum atomic E-state index is 11.9. The molecule has 4 nitrogen and oxygen atoms in total. The average Bonchev–Trinajstić information content (AvgIpc) is 2.66. The number of hydrogen-bond donors (Lipinski definition) is 2. The molecule has 1 aliphatic heterocycles. The number of aliphatic hydroxyl groups is 1. The molecule has 1 aromatic rings. The van der Waals surface area contributed by atoms with Crippen molar-refractivity contribution >= 4 is 17.3 Å². The molecule has 0 amide bonds. The number of ether oxygens (including phenoxy) is 1. The quantitative estimate of drug-likeness (QED) is 0.784. The first-order chi connectivity index (χ1) is 12.6. The van der Waals surface area contributed by atoms with E-state index in [4.69, 9.17) is 17.0 Å². The van der Waals surface area contributed by atoms with Crippen molar-refractivity contribution in [1.82, 2.24) is 10.2 Å². The molecule has 4 rings (SSSR count). The number of rotatable bonds is 3. The molecule has 1 spiro atoms. The van der Waals surface area contributed by atoms with E-state index < -0.39 is 5.72 Å². The third-order valence-electron chi connectivity index (χ3n) is 6.83. The Kier molecular flexibility index (Phi) is 4.86. The number of fused-ring (bicyclic) bond motifs is 2. The van der Waals surface area contributed by atoms with E-state index in [0.29, 0.717) is 6.54 Å². The van der Waals surface area contributed by atoms with Crippen LogP contribution in [0.5, 0.6) is 5.75 Å². The maximum Gasteiger partial charge on any atom is 0.171 e. The summed E-state index contributed by atoms with van der Waals surface area (Å²) in [6.45, 7) is 0.638. The molecule has 2 saturated carbocycles. The summed E-state index contributed by atoms with van der Waals surface area (Å²) in [5.74, 6) is 1.11. The number of methoxy groups -OCH3 is 1. The van der Waals surface area contributed by atoms with Gasteiger partial charge in [-0.15, -0.1) is 0 Å². The van der Waals surface area contributed by atoms with Crippen LogP contribution in [0.15, 0.2) is 24.3 Å². The molecular formula is C21H30N2O2S. The highest BCUT2D eigenvalue weighted by atomic mass is 32.1. The zero-order chi connectivity index (χ0) is 18.2. The summed E-state index contributed by atoms with van der Waals surface area (Å²) in [4.78, 5) is 2.06. The van der Waals surface area contributed by atoms with E-state index in [0.717, 1.165) is 48.5 Å². The lowest BCUT2D eigenvalue weighted by Crippen LogP contribution is -2.75. The fraction of sp³-hybridized carbons (Fsp3) is 0.667. The monoisotopic (exact) mass is 374 g/mol. The van der Waals surface area contributed by atoms with Gasteiger partial charge in [0.25, 0.3) is 0 Å². The highest BCUT2D eigenvalue weighted by Gasteiger charge is 2.58. The van der Waals surface area contributed by atoms with Crippen molar-refractivity contribution in [3.05, 3.63) is 29.8 Å². The van der Waals surface area contributed by atoms with Gasteiger partial charge in [0.1, 0.15) is 11.5 Å². The van der Waals surface area contributed by atoms with Crippen LogP contribution >= 0.6 is 12.2 Å². The molecule has 0 radical (unpaired) electrons. The van der Waals surface area contributed by atoms with E-state index in [1.54, 1.807) is 7.11 Å². The number of hydrogen-bond acceptors (Lipinski definition) is 3. The molecule has 0 bridgehead atoms. The van der Waals surface area contributed by atoms with Crippen molar-refractivity contribution in [2.45, 2.75) is 75.6 Å². The van der Waals surface area contributed by atoms with Crippen LogP contribution in [-0.4, -0.2) is 33.5 Å². The van der Waals surface area contributed by atoms with E-state index in [1.165, 1.54) is 25.7 Å². The molecule has 0 aromatic heterocycles. The summed E-state index contributed by atoms with van der Waals surface area (Å²) < 4.78 is 5.26. The zero-order valence-electron chi connectivity index (χ0n) is 15.7. The summed E-state index contributed by atoms with van der Waals surface area (Å²) in [7, 11) is 1.68. The first kappa shape index (κ1) is 18.1. The van der Waals surface area contributed by atoms with Crippen molar-refractivity contribution < 1.29 is 9.84 Å². The van der Waals surface area contributed by atoms with Gasteiger partial charge >= 0.3 is 0 Å². The third kappa shape index (κ3) is 2.99. The molecule has 2 atom stereocenters. The normalized spacial score (nSPS) is 30.6. The van der Waals surface area contributed by atoms with Crippen molar-refractivity contribution in [3.63, 3.8) is 0 Å². The minimum absolute atomic E-state index is 0.000904. The summed E-state index contributed by atoms with van der Waals surface area (Å²) in [5, 5.41) is 16.3. The molecule has 3 fully saturated rings. The predicted octanol–water partition coefficient (Wildman–Crippen LogP) is 3.97. The Bertz CT molecular complexity index is 656. The molecule has 2 N–H and O–H groups in total. The Hall–Kier alpha value is -1.33. The van der Waals surface area contributed by atoms with Crippen molar-refractivity contribution in [2.75, 3.05) is 7.11 Å². The molecule has 1 aromatic carbocycles. The molecule has 26 heavy (non-hydrogen) atoms. The van der Waals surface area contributed by atoms with Gasteiger partial charge in [0.15, 0.2) is 5.11 Å². The van der Waals surface area contributed by atoms with Gasteiger partial charge in [-0.2, -0.15) is 0 Å². The van der Waals surface area contributed by atoms with Gasteiger partial charge < -0.3 is 20.1 Å². The van der Waals surface area contributed by atoms with Gasteiger partial charge in [0.05, 0.1) is 7.11 Å². The molecular weight excluding hydrogens is 344 g/mol. The first-order valence-corrected chi connectivity index (χ1v) is 10.4. The van der Waals surface area contributed by atoms with Gasteiger partial charge in [0, 0.05) is 18.0 Å². The number of thiocarbonyl (C=S) groups is 1. The van der Waals surface area contributed by atoms with Gasteiger partial charge in [-0.05, 0) is 62.0 Å². The highest BCUT2D eigenvalue weighted by molar-refractivity contribution is 7.80. The lowest BCUT2D eigenvalue weighted by atomic mass is 9.62. The fourth-order valence-corrected chi connectivity index (χ4v) is 5.93. The predicted molar refractivity (Wildman–Crippen MR) is 107 cm³/mol. The summed E-state index contributed by atoms with van der Waals surface area (Å²) >= 11 is 5.80. The Morgan fingerprint density at radius 1 is 1.12 bits per heavy atom. The second kappa shape index (κ2) is 7.01. The van der Waals surface area contributed by atoms with E-state index in [1.807, 2.05) is 12.1 Å². The first-order valence-electron chi connectivity index (χ1n) is 10.0. The number of benzene rings is 1. The van der Waals surface area contributed by atoms with Gasteiger partial charge in [-0.3, -0.25) is 0 Å². The minimum atomic E-state index is -0.822. The summed E-state index contributed by atoms with van der Waals surface area (Å²) in [6, 6.07) is 8.07. The van der Waals surface area contributed by atoms with Crippen LogP contribution in [0, 0.1) is 5.92 Å². The van der Waals surface area contributed by atoms with Crippen molar-refractivity contribution in [2.24, 2.45) is 5.92 Å². The maximum absolute atomic E-state index is 11.9. The molecule has 3 aliphatic rings. The van der Waals surface area contributed by atoms with Crippen LogP contribution in [0.25, 0.3) is 0 Å². The van der Waals surface area contributed by atoms with Crippen LogP contribution in [0.3, 0.4) is 0 Å². The van der Waals surface area contributed by atoms with E-state index >= 15 is 0 Å². The molecule has 5 heteroatoms. The molecule has 2 unspecified atom stereocenters. The minimum Gasteiger partial charge on any atom is -0.497 e. The lowest BCUT2D eigenvalue weighted by Gasteiger charge is -2.61. The Morgan fingerprint density at radius 2 is 1.81 bits per heavy atom. The third-order valence-corrected chi connectivity index (χ3v) is 7.15. The van der Waals surface area contributed by atoms with Gasteiger partial charge in [-0.25, -0.2) is 0 Å². The smallest absolute Gasteiger partial charge is 0.171 e. The second-order valence-electron chi connectivity index (χ2n) is 8.26. The van der Waals surface area contributed by atoms with E-state index in [2.05, 4.69) is 22.3 Å². The number of nitrogens with one attached hydrogen (secondary N) is 1. The second-order valence-corrected chi connectivity index (χ2v) is 8.64. The largest absolute Gasteiger partial charge is 0.497 e. The van der Waals surface area contributed by atoms with Crippen LogP contribution in [-0.2, 0) is 6.54 Å². The Morgan fingerprint density at radius 3 is 2.50 bits per heavy atom. The van der Waals surface area contributed by atoms with Crippen LogP contribution in [0.2, 0.25) is 0 Å². The standard InChI is InChI=1S/C21H30N2O2S/c1-25-17-10-8-16(9-11-17)15-23-19(26)22-20(12-4-2-5-13-20)18-7-3-6-14-21(18,23)24/h8-11,18,24H,2-7,12-15H2,1H3,(H,22,26). The fourth-order valence-electron chi connectivity index (χ4n) is 5.50. The van der Waals surface area contributed by atoms with E-state index in [9.17, 15) is 5.11 Å². The van der Waals surface area contributed by atoms with Crippen LogP contribution < -0.4 is 10.1 Å². The average molecular weight is 375 g/mol. The highest BCUT2D eigenvalue weighted by Crippen LogP contribution is 2.50. The number of nitrogens with zero attached hydrogens (tertiary/aromatic N) is 1. The van der Waals surface area contributed by atoms with Gasteiger partial charge in [0.2, 0.25) is 0 Å².